The lowest BCUT2D eigenvalue weighted by Crippen LogP contribution is -2.45. The highest BCUT2D eigenvalue weighted by molar-refractivity contribution is 5.98. The third-order valence-electron chi connectivity index (χ3n) is 5.71. The molecule has 3 unspecified atom stereocenters. The monoisotopic (exact) mass is 350 g/mol. The summed E-state index contributed by atoms with van der Waals surface area (Å²) in [4.78, 5) is 28.9. The summed E-state index contributed by atoms with van der Waals surface area (Å²) in [5.74, 6) is 2.14. The predicted octanol–water partition coefficient (Wildman–Crippen LogP) is 3.89. The summed E-state index contributed by atoms with van der Waals surface area (Å²) in [7, 11) is 0. The van der Waals surface area contributed by atoms with Gasteiger partial charge < -0.3 is 4.90 Å². The summed E-state index contributed by atoms with van der Waals surface area (Å²) in [6.45, 7) is 5.01. The molecular weight excluding hydrogens is 324 g/mol. The Labute approximate surface area is 154 Å². The van der Waals surface area contributed by atoms with Gasteiger partial charge in [0.2, 0.25) is 0 Å². The lowest BCUT2D eigenvalue weighted by Gasteiger charge is -2.35. The molecule has 0 bridgehead atoms. The minimum atomic E-state index is 0.0441. The van der Waals surface area contributed by atoms with E-state index in [1.54, 1.807) is 18.5 Å². The highest BCUT2D eigenvalue weighted by Gasteiger charge is 2.47. The van der Waals surface area contributed by atoms with E-state index in [0.29, 0.717) is 23.5 Å². The zero-order valence-corrected chi connectivity index (χ0v) is 15.6. The number of nitrogens with zero attached hydrogens (tertiary/aromatic N) is 4. The second kappa shape index (κ2) is 7.14. The van der Waals surface area contributed by atoms with E-state index < -0.39 is 0 Å². The molecule has 2 aliphatic rings. The summed E-state index contributed by atoms with van der Waals surface area (Å²) < 4.78 is 0. The number of hydrogen-bond acceptors (Lipinski definition) is 4. The van der Waals surface area contributed by atoms with Gasteiger partial charge in [-0.2, -0.15) is 0 Å². The third-order valence-corrected chi connectivity index (χ3v) is 5.71. The topological polar surface area (TPSA) is 59.0 Å². The van der Waals surface area contributed by atoms with E-state index in [-0.39, 0.29) is 5.91 Å². The summed E-state index contributed by atoms with van der Waals surface area (Å²) in [6.07, 6.45) is 9.27. The van der Waals surface area contributed by atoms with Gasteiger partial charge in [0.1, 0.15) is 5.69 Å². The number of hydrogen-bond donors (Lipinski definition) is 0. The second-order valence-electron chi connectivity index (χ2n) is 7.67. The van der Waals surface area contributed by atoms with Gasteiger partial charge in [0.15, 0.2) is 5.82 Å². The predicted molar refractivity (Wildman–Crippen MR) is 101 cm³/mol. The molecule has 1 amide bonds. The average Bonchev–Trinajstić information content (AvgIpc) is 3.44. The molecule has 1 saturated carbocycles. The van der Waals surface area contributed by atoms with Crippen molar-refractivity contribution in [3.63, 3.8) is 0 Å². The normalized spacial score (nSPS) is 24.2. The third kappa shape index (κ3) is 3.35. The van der Waals surface area contributed by atoms with Crippen LogP contribution in [-0.4, -0.2) is 38.3 Å². The first-order valence-corrected chi connectivity index (χ1v) is 9.73. The molecule has 1 saturated heterocycles. The fourth-order valence-corrected chi connectivity index (χ4v) is 4.14. The van der Waals surface area contributed by atoms with Gasteiger partial charge in [-0.15, -0.1) is 0 Å². The summed E-state index contributed by atoms with van der Waals surface area (Å²) in [6, 6.07) is 5.98. The van der Waals surface area contributed by atoms with Gasteiger partial charge in [-0.1, -0.05) is 19.8 Å². The van der Waals surface area contributed by atoms with Crippen molar-refractivity contribution in [3.05, 3.63) is 42.0 Å². The van der Waals surface area contributed by atoms with E-state index >= 15 is 0 Å². The van der Waals surface area contributed by atoms with Crippen molar-refractivity contribution in [2.24, 2.45) is 11.8 Å². The maximum Gasteiger partial charge on any atom is 0.273 e. The minimum Gasteiger partial charge on any atom is -0.334 e. The van der Waals surface area contributed by atoms with E-state index in [0.717, 1.165) is 36.6 Å². The number of pyridine rings is 1. The smallest absolute Gasteiger partial charge is 0.273 e. The first kappa shape index (κ1) is 17.1. The number of fused-ring (bicyclic) bond motifs is 1. The van der Waals surface area contributed by atoms with Crippen LogP contribution in [0.2, 0.25) is 0 Å². The first-order chi connectivity index (χ1) is 12.7. The number of carbonyl (C=O) groups excluding carboxylic acids is 1. The number of unbranched alkanes of at least 4 members (excludes halogenated alkanes) is 1. The molecule has 5 nitrogen and oxygen atoms in total. The van der Waals surface area contributed by atoms with Gasteiger partial charge in [-0.25, -0.2) is 15.0 Å². The Bertz CT molecular complexity index is 792. The quantitative estimate of drug-likeness (QED) is 0.821. The molecule has 26 heavy (non-hydrogen) atoms. The maximum absolute atomic E-state index is 13.5. The fourth-order valence-electron chi connectivity index (χ4n) is 4.14. The molecule has 0 N–H and O–H groups in total. The molecule has 4 rings (SSSR count). The average molecular weight is 350 g/mol. The Hall–Kier alpha value is -2.30. The van der Waals surface area contributed by atoms with Crippen molar-refractivity contribution in [3.8, 4) is 11.4 Å². The molecule has 2 aromatic rings. The summed E-state index contributed by atoms with van der Waals surface area (Å²) in [5.41, 5.74) is 2.07. The van der Waals surface area contributed by atoms with Crippen LogP contribution in [0.1, 0.15) is 55.2 Å². The van der Waals surface area contributed by atoms with Crippen molar-refractivity contribution in [1.82, 2.24) is 19.9 Å². The lowest BCUT2D eigenvalue weighted by molar-refractivity contribution is 0.0579. The summed E-state index contributed by atoms with van der Waals surface area (Å²) >= 11 is 0. The van der Waals surface area contributed by atoms with Gasteiger partial charge in [0.25, 0.3) is 5.91 Å². The van der Waals surface area contributed by atoms with Gasteiger partial charge in [-0.3, -0.25) is 4.79 Å². The molecule has 2 aromatic heterocycles. The number of aromatic nitrogens is 3. The standard InChI is InChI=1S/C21H26N4O/c1-3-4-6-17-12-15-11-16(15)13-25(17)21(26)19-18(8-7-14(2)24-19)20-22-9-5-10-23-20/h5,7-10,15-17H,3-4,6,11-13H2,1-2H3. The van der Waals surface area contributed by atoms with Crippen LogP contribution >= 0.6 is 0 Å². The van der Waals surface area contributed by atoms with Gasteiger partial charge >= 0.3 is 0 Å². The highest BCUT2D eigenvalue weighted by atomic mass is 16.2. The summed E-state index contributed by atoms with van der Waals surface area (Å²) in [5, 5.41) is 0. The van der Waals surface area contributed by atoms with Gasteiger partial charge in [0, 0.05) is 30.7 Å². The Morgan fingerprint density at radius 3 is 2.77 bits per heavy atom. The van der Waals surface area contributed by atoms with Crippen molar-refractivity contribution in [1.29, 1.82) is 0 Å². The van der Waals surface area contributed by atoms with Crippen molar-refractivity contribution in [2.45, 2.75) is 52.0 Å². The van der Waals surface area contributed by atoms with E-state index in [9.17, 15) is 4.79 Å². The van der Waals surface area contributed by atoms with Crippen LogP contribution in [0.4, 0.5) is 0 Å². The molecule has 0 aromatic carbocycles. The number of likely N-dealkylation sites (tertiary alicyclic amines) is 1. The Morgan fingerprint density at radius 1 is 1.19 bits per heavy atom. The highest BCUT2D eigenvalue weighted by Crippen LogP contribution is 2.48. The van der Waals surface area contributed by atoms with Crippen LogP contribution in [-0.2, 0) is 0 Å². The molecule has 136 valence electrons. The molecule has 2 fully saturated rings. The van der Waals surface area contributed by atoms with Crippen LogP contribution in [0.15, 0.2) is 30.6 Å². The van der Waals surface area contributed by atoms with Crippen LogP contribution in [0, 0.1) is 18.8 Å². The molecule has 3 heterocycles. The van der Waals surface area contributed by atoms with E-state index in [1.807, 2.05) is 19.1 Å². The second-order valence-corrected chi connectivity index (χ2v) is 7.67. The van der Waals surface area contributed by atoms with Crippen LogP contribution in [0.25, 0.3) is 11.4 Å². The van der Waals surface area contributed by atoms with E-state index in [1.165, 1.54) is 19.3 Å². The molecule has 1 aliphatic carbocycles. The Morgan fingerprint density at radius 2 is 2.00 bits per heavy atom. The fraction of sp³-hybridized carbons (Fsp3) is 0.524. The molecule has 5 heteroatoms. The number of piperidine rings is 1. The molecule has 1 aliphatic heterocycles. The minimum absolute atomic E-state index is 0.0441. The first-order valence-electron chi connectivity index (χ1n) is 9.73. The van der Waals surface area contributed by atoms with E-state index in [4.69, 9.17) is 0 Å². The Kier molecular flexibility index (Phi) is 4.70. The molecule has 3 atom stereocenters. The Balaban J connectivity index is 1.67. The van der Waals surface area contributed by atoms with Crippen molar-refractivity contribution < 1.29 is 4.79 Å². The lowest BCUT2D eigenvalue weighted by atomic mass is 9.96. The number of rotatable bonds is 5. The molecular formula is C21H26N4O. The zero-order chi connectivity index (χ0) is 18.1. The number of aryl methyl sites for hydroxylation is 1. The van der Waals surface area contributed by atoms with Crippen LogP contribution in [0.3, 0.4) is 0 Å². The van der Waals surface area contributed by atoms with Crippen LogP contribution in [0.5, 0.6) is 0 Å². The largest absolute Gasteiger partial charge is 0.334 e. The van der Waals surface area contributed by atoms with E-state index in [2.05, 4.69) is 26.8 Å². The number of carbonyl (C=O) groups is 1. The van der Waals surface area contributed by atoms with Gasteiger partial charge in [0.05, 0.1) is 5.56 Å². The molecule has 0 radical (unpaired) electrons. The van der Waals surface area contributed by atoms with Gasteiger partial charge in [-0.05, 0) is 56.2 Å². The van der Waals surface area contributed by atoms with Crippen molar-refractivity contribution in [2.75, 3.05) is 6.54 Å². The van der Waals surface area contributed by atoms with Crippen molar-refractivity contribution >= 4 is 5.91 Å². The zero-order valence-electron chi connectivity index (χ0n) is 15.6. The number of amides is 1. The SMILES string of the molecule is CCCCC1CC2CC2CN1C(=O)c1nc(C)ccc1-c1ncccn1. The molecule has 0 spiro atoms. The van der Waals surface area contributed by atoms with Crippen LogP contribution < -0.4 is 0 Å². The maximum atomic E-state index is 13.5.